The van der Waals surface area contributed by atoms with Crippen molar-refractivity contribution in [1.29, 1.82) is 0 Å². The Kier molecular flexibility index (Phi) is 6.12. The van der Waals surface area contributed by atoms with Crippen LogP contribution in [0.4, 0.5) is 0 Å². The SMILES string of the molecule is CSCC[C@@H](NS(=O)(=O)c1ccc(C(C)(C)C)cc1)c1nnc2ccccn12. The molecule has 0 amide bonds. The Morgan fingerprint density at radius 2 is 1.82 bits per heavy atom. The third-order valence-electron chi connectivity index (χ3n) is 4.59. The zero-order chi connectivity index (χ0) is 20.4. The summed E-state index contributed by atoms with van der Waals surface area (Å²) in [5, 5.41) is 8.41. The van der Waals surface area contributed by atoms with E-state index in [1.807, 2.05) is 47.2 Å². The van der Waals surface area contributed by atoms with Crippen molar-refractivity contribution >= 4 is 27.4 Å². The summed E-state index contributed by atoms with van der Waals surface area (Å²) in [6, 6.07) is 12.2. The molecule has 0 aliphatic carbocycles. The van der Waals surface area contributed by atoms with Crippen LogP contribution < -0.4 is 4.72 Å². The second kappa shape index (κ2) is 8.23. The van der Waals surface area contributed by atoms with Crippen molar-refractivity contribution in [3.63, 3.8) is 0 Å². The van der Waals surface area contributed by atoms with Crippen molar-refractivity contribution in [2.24, 2.45) is 0 Å². The molecule has 0 radical (unpaired) electrons. The van der Waals surface area contributed by atoms with Gasteiger partial charge in [-0.3, -0.25) is 4.40 Å². The van der Waals surface area contributed by atoms with E-state index in [-0.39, 0.29) is 10.3 Å². The zero-order valence-electron chi connectivity index (χ0n) is 16.6. The molecule has 0 aliphatic rings. The number of sulfonamides is 1. The van der Waals surface area contributed by atoms with Gasteiger partial charge in [0.1, 0.15) is 0 Å². The fourth-order valence-electron chi connectivity index (χ4n) is 2.96. The molecule has 0 aliphatic heterocycles. The van der Waals surface area contributed by atoms with Crippen molar-refractivity contribution in [2.75, 3.05) is 12.0 Å². The normalized spacial score (nSPS) is 13.7. The number of pyridine rings is 1. The Hall–Kier alpha value is -1.90. The molecule has 6 nitrogen and oxygen atoms in total. The lowest BCUT2D eigenvalue weighted by Crippen LogP contribution is -2.30. The third kappa shape index (κ3) is 4.56. The molecule has 0 spiro atoms. The molecule has 28 heavy (non-hydrogen) atoms. The van der Waals surface area contributed by atoms with Gasteiger partial charge in [0.2, 0.25) is 10.0 Å². The van der Waals surface area contributed by atoms with Gasteiger partial charge in [-0.25, -0.2) is 13.1 Å². The maximum absolute atomic E-state index is 13.0. The number of benzene rings is 1. The van der Waals surface area contributed by atoms with Gasteiger partial charge >= 0.3 is 0 Å². The summed E-state index contributed by atoms with van der Waals surface area (Å²) in [5.41, 5.74) is 1.76. The Balaban J connectivity index is 1.91. The van der Waals surface area contributed by atoms with E-state index in [1.54, 1.807) is 23.9 Å². The first-order valence-electron chi connectivity index (χ1n) is 9.14. The van der Waals surface area contributed by atoms with Crippen LogP contribution in [0.2, 0.25) is 0 Å². The summed E-state index contributed by atoms with van der Waals surface area (Å²) in [5.74, 6) is 1.40. The number of thioether (sulfide) groups is 1. The molecule has 3 aromatic rings. The van der Waals surface area contributed by atoms with E-state index in [0.717, 1.165) is 11.3 Å². The smallest absolute Gasteiger partial charge is 0.241 e. The standard InChI is InChI=1S/C20H26N4O2S2/c1-20(2,3)15-8-10-16(11-9-15)28(25,26)23-17(12-14-27-4)19-22-21-18-7-5-6-13-24(18)19/h5-11,13,17,23H,12,14H2,1-4H3/t17-/m1/s1. The highest BCUT2D eigenvalue weighted by molar-refractivity contribution is 7.98. The first-order valence-corrected chi connectivity index (χ1v) is 12.0. The molecular formula is C20H26N4O2S2. The van der Waals surface area contributed by atoms with Crippen LogP contribution in [0, 0.1) is 0 Å². The topological polar surface area (TPSA) is 76.4 Å². The van der Waals surface area contributed by atoms with Crippen molar-refractivity contribution in [3.8, 4) is 0 Å². The number of fused-ring (bicyclic) bond motifs is 1. The molecule has 2 aromatic heterocycles. The first-order chi connectivity index (χ1) is 13.2. The Labute approximate surface area is 170 Å². The fraction of sp³-hybridized carbons (Fsp3) is 0.400. The highest BCUT2D eigenvalue weighted by Crippen LogP contribution is 2.25. The fourth-order valence-corrected chi connectivity index (χ4v) is 4.66. The van der Waals surface area contributed by atoms with Crippen LogP contribution in [0.3, 0.4) is 0 Å². The maximum atomic E-state index is 13.0. The molecule has 1 N–H and O–H groups in total. The quantitative estimate of drug-likeness (QED) is 0.632. The van der Waals surface area contributed by atoms with E-state index in [4.69, 9.17) is 0 Å². The molecule has 150 valence electrons. The minimum absolute atomic E-state index is 0.0307. The Morgan fingerprint density at radius 3 is 2.46 bits per heavy atom. The van der Waals surface area contributed by atoms with Gasteiger partial charge in [0.05, 0.1) is 10.9 Å². The van der Waals surface area contributed by atoms with Crippen molar-refractivity contribution in [2.45, 2.75) is 43.5 Å². The Morgan fingerprint density at radius 1 is 1.11 bits per heavy atom. The molecule has 2 heterocycles. The van der Waals surface area contributed by atoms with Crippen LogP contribution in [0.25, 0.3) is 5.65 Å². The summed E-state index contributed by atoms with van der Waals surface area (Å²) < 4.78 is 30.7. The van der Waals surface area contributed by atoms with Crippen LogP contribution in [-0.2, 0) is 15.4 Å². The van der Waals surface area contributed by atoms with Gasteiger partial charge in [-0.1, -0.05) is 39.0 Å². The van der Waals surface area contributed by atoms with Gasteiger partial charge in [-0.2, -0.15) is 11.8 Å². The molecule has 0 bridgehead atoms. The number of aromatic nitrogens is 3. The number of hydrogen-bond acceptors (Lipinski definition) is 5. The summed E-state index contributed by atoms with van der Waals surface area (Å²) in [6.07, 6.45) is 4.47. The molecule has 0 saturated heterocycles. The first kappa shape index (κ1) is 20.8. The summed E-state index contributed by atoms with van der Waals surface area (Å²) in [4.78, 5) is 0.253. The van der Waals surface area contributed by atoms with Gasteiger partial charge in [-0.05, 0) is 53.7 Å². The molecule has 1 aromatic carbocycles. The highest BCUT2D eigenvalue weighted by Gasteiger charge is 2.25. The molecule has 1 atom stereocenters. The third-order valence-corrected chi connectivity index (χ3v) is 6.72. The van der Waals surface area contributed by atoms with E-state index in [0.29, 0.717) is 17.9 Å². The molecule has 3 rings (SSSR count). The Bertz CT molecular complexity index is 1040. The average Bonchev–Trinajstić information content (AvgIpc) is 3.08. The van der Waals surface area contributed by atoms with Gasteiger partial charge in [-0.15, -0.1) is 10.2 Å². The van der Waals surface area contributed by atoms with E-state index in [9.17, 15) is 8.42 Å². The van der Waals surface area contributed by atoms with Crippen molar-refractivity contribution < 1.29 is 8.42 Å². The summed E-state index contributed by atoms with van der Waals surface area (Å²) in [6.45, 7) is 6.30. The summed E-state index contributed by atoms with van der Waals surface area (Å²) >= 11 is 1.67. The number of rotatable bonds is 7. The minimum Gasteiger partial charge on any atom is -0.285 e. The van der Waals surface area contributed by atoms with E-state index >= 15 is 0 Å². The lowest BCUT2D eigenvalue weighted by atomic mass is 9.87. The second-order valence-electron chi connectivity index (χ2n) is 7.72. The highest BCUT2D eigenvalue weighted by atomic mass is 32.2. The van der Waals surface area contributed by atoms with E-state index in [1.165, 1.54) is 0 Å². The van der Waals surface area contributed by atoms with Crippen LogP contribution in [-0.4, -0.2) is 35.0 Å². The van der Waals surface area contributed by atoms with Gasteiger partial charge in [0, 0.05) is 6.20 Å². The molecule has 8 heteroatoms. The van der Waals surface area contributed by atoms with E-state index in [2.05, 4.69) is 35.7 Å². The largest absolute Gasteiger partial charge is 0.285 e. The van der Waals surface area contributed by atoms with Crippen LogP contribution in [0.1, 0.15) is 44.6 Å². The molecule has 0 saturated carbocycles. The lowest BCUT2D eigenvalue weighted by molar-refractivity contribution is 0.536. The lowest BCUT2D eigenvalue weighted by Gasteiger charge is -2.20. The number of nitrogens with one attached hydrogen (secondary N) is 1. The van der Waals surface area contributed by atoms with Crippen molar-refractivity contribution in [1.82, 2.24) is 19.3 Å². The zero-order valence-corrected chi connectivity index (χ0v) is 18.2. The van der Waals surface area contributed by atoms with Gasteiger partial charge in [0.25, 0.3) is 0 Å². The van der Waals surface area contributed by atoms with Crippen LogP contribution in [0.5, 0.6) is 0 Å². The second-order valence-corrected chi connectivity index (χ2v) is 10.4. The monoisotopic (exact) mass is 418 g/mol. The van der Waals surface area contributed by atoms with Gasteiger partial charge < -0.3 is 0 Å². The van der Waals surface area contributed by atoms with Crippen LogP contribution in [0.15, 0.2) is 53.6 Å². The van der Waals surface area contributed by atoms with E-state index < -0.39 is 16.1 Å². The minimum atomic E-state index is -3.69. The molecule has 0 fully saturated rings. The maximum Gasteiger partial charge on any atom is 0.241 e. The number of hydrogen-bond donors (Lipinski definition) is 1. The summed E-state index contributed by atoms with van der Waals surface area (Å²) in [7, 11) is -3.69. The molecule has 0 unspecified atom stereocenters. The van der Waals surface area contributed by atoms with Crippen LogP contribution >= 0.6 is 11.8 Å². The predicted molar refractivity (Wildman–Crippen MR) is 114 cm³/mol. The molecular weight excluding hydrogens is 392 g/mol. The van der Waals surface area contributed by atoms with Gasteiger partial charge in [0.15, 0.2) is 11.5 Å². The predicted octanol–water partition coefficient (Wildman–Crippen LogP) is 3.80. The average molecular weight is 419 g/mol. The number of nitrogens with zero attached hydrogens (tertiary/aromatic N) is 3. The van der Waals surface area contributed by atoms with Crippen molar-refractivity contribution in [3.05, 3.63) is 60.0 Å².